The summed E-state index contributed by atoms with van der Waals surface area (Å²) in [7, 11) is -3.91. The van der Waals surface area contributed by atoms with Gasteiger partial charge in [-0.2, -0.15) is 0 Å². The van der Waals surface area contributed by atoms with Crippen LogP contribution >= 0.6 is 0 Å². The molecule has 0 unspecified atom stereocenters. The number of anilines is 1. The van der Waals surface area contributed by atoms with Crippen LogP contribution in [0.3, 0.4) is 0 Å². The summed E-state index contributed by atoms with van der Waals surface area (Å²) in [5.41, 5.74) is 0.733. The molecule has 15 heavy (non-hydrogen) atoms. The van der Waals surface area contributed by atoms with Crippen molar-refractivity contribution in [3.8, 4) is 0 Å². The van der Waals surface area contributed by atoms with Gasteiger partial charge in [0, 0.05) is 0 Å². The van der Waals surface area contributed by atoms with E-state index in [1.54, 1.807) is 24.3 Å². The molecule has 0 spiro atoms. The molecule has 5 nitrogen and oxygen atoms in total. The van der Waals surface area contributed by atoms with E-state index in [1.807, 2.05) is 0 Å². The molecular weight excluding hydrogens is 281 g/mol. The maximum atomic E-state index is 10.5. The molecule has 0 aliphatic carbocycles. The topological polar surface area (TPSA) is 83.5 Å². The average Bonchev–Trinajstić information content (AvgIpc) is 2.17. The van der Waals surface area contributed by atoms with Crippen LogP contribution in [0.25, 0.3) is 0 Å². The van der Waals surface area contributed by atoms with Crippen molar-refractivity contribution in [2.24, 2.45) is 0 Å². The van der Waals surface area contributed by atoms with Gasteiger partial charge in [0.15, 0.2) is 0 Å². The zero-order chi connectivity index (χ0) is 11.3. The average molecular weight is 291 g/mol. The van der Waals surface area contributed by atoms with Crippen LogP contribution in [0.15, 0.2) is 24.3 Å². The fourth-order valence-corrected chi connectivity index (χ4v) is 1.89. The van der Waals surface area contributed by atoms with Crippen molar-refractivity contribution < 1.29 is 16.7 Å². The molecule has 0 saturated carbocycles. The monoisotopic (exact) mass is 291 g/mol. The van der Waals surface area contributed by atoms with Gasteiger partial charge in [-0.25, -0.2) is 0 Å². The second-order valence-electron chi connectivity index (χ2n) is 2.85. The summed E-state index contributed by atoms with van der Waals surface area (Å²) in [6.07, 6.45) is 0. The molecule has 0 aliphatic rings. The molecule has 0 aromatic heterocycles. The van der Waals surface area contributed by atoms with E-state index >= 15 is 0 Å². The second-order valence-corrected chi connectivity index (χ2v) is 5.89. The van der Waals surface area contributed by atoms with E-state index in [9.17, 15) is 12.2 Å². The number of nitrogens with one attached hydrogen (secondary N) is 1. The summed E-state index contributed by atoms with van der Waals surface area (Å²) >= 11 is -1.02. The van der Waals surface area contributed by atoms with Gasteiger partial charge in [-0.3, -0.25) is 0 Å². The third-order valence-electron chi connectivity index (χ3n) is 1.66. The van der Waals surface area contributed by atoms with E-state index in [0.29, 0.717) is 0 Å². The molecule has 0 bridgehead atoms. The van der Waals surface area contributed by atoms with Gasteiger partial charge in [-0.1, -0.05) is 0 Å². The summed E-state index contributed by atoms with van der Waals surface area (Å²) in [4.78, 5) is 0. The molecule has 1 rings (SSSR count). The Balaban J connectivity index is 2.48. The van der Waals surface area contributed by atoms with Crippen molar-refractivity contribution in [2.75, 3.05) is 17.6 Å². The van der Waals surface area contributed by atoms with Crippen LogP contribution in [0.2, 0.25) is 0 Å². The first-order chi connectivity index (χ1) is 7.01. The van der Waals surface area contributed by atoms with Gasteiger partial charge in [0.2, 0.25) is 0 Å². The molecule has 82 valence electrons. The summed E-state index contributed by atoms with van der Waals surface area (Å²) in [5, 5.41) is 2.82. The zero-order valence-corrected chi connectivity index (χ0v) is 10.4. The number of rotatable bonds is 5. The second kappa shape index (κ2) is 5.39. The molecule has 0 heterocycles. The van der Waals surface area contributed by atoms with Crippen molar-refractivity contribution >= 4 is 35.8 Å². The molecule has 0 atom stereocenters. The maximum absolute atomic E-state index is 10.5. The van der Waals surface area contributed by atoms with Crippen LogP contribution < -0.4 is 9.67 Å². The van der Waals surface area contributed by atoms with E-state index in [2.05, 4.69) is 5.32 Å². The summed E-state index contributed by atoms with van der Waals surface area (Å²) in [6.45, 7) is 0.142. The Morgan fingerprint density at radius 2 is 1.87 bits per heavy atom. The van der Waals surface area contributed by atoms with Crippen LogP contribution in [0.5, 0.6) is 0 Å². The predicted molar refractivity (Wildman–Crippen MR) is 57.4 cm³/mol. The SMILES string of the molecule is O=[As]c1ccc(NCCS(=O)(=O)O)cc1. The first-order valence-electron chi connectivity index (χ1n) is 4.14. The molecule has 0 saturated heterocycles. The standard InChI is InChI=1S/C8H10AsNO4S/c11-9-7-1-3-8(4-2-7)10-5-6-15(12,13)14/h1-4,10H,5-6H2,(H,12,13,14). The van der Waals surface area contributed by atoms with Crippen molar-refractivity contribution in [1.82, 2.24) is 0 Å². The molecule has 2 N–H and O–H groups in total. The van der Waals surface area contributed by atoms with Crippen LogP contribution in [0.1, 0.15) is 0 Å². The minimum atomic E-state index is -3.91. The molecule has 7 heteroatoms. The molecule has 0 radical (unpaired) electrons. The normalized spacial score (nSPS) is 11.5. The van der Waals surface area contributed by atoms with Crippen LogP contribution in [0, 0.1) is 0 Å². The number of benzene rings is 1. The molecule has 0 fully saturated rings. The predicted octanol–water partition coefficient (Wildman–Crippen LogP) is -0.339. The van der Waals surface area contributed by atoms with Gasteiger partial charge >= 0.3 is 94.4 Å². The van der Waals surface area contributed by atoms with E-state index in [-0.39, 0.29) is 12.3 Å². The van der Waals surface area contributed by atoms with Crippen molar-refractivity contribution in [3.05, 3.63) is 24.3 Å². The summed E-state index contributed by atoms with van der Waals surface area (Å²) in [6, 6.07) is 6.85. The van der Waals surface area contributed by atoms with Crippen molar-refractivity contribution in [2.45, 2.75) is 0 Å². The van der Waals surface area contributed by atoms with E-state index in [1.165, 1.54) is 0 Å². The van der Waals surface area contributed by atoms with Crippen LogP contribution in [-0.4, -0.2) is 41.0 Å². The van der Waals surface area contributed by atoms with Gasteiger partial charge in [0.1, 0.15) is 0 Å². The quantitative estimate of drug-likeness (QED) is 0.573. The summed E-state index contributed by atoms with van der Waals surface area (Å²) in [5.74, 6) is -0.331. The number of hydrogen-bond acceptors (Lipinski definition) is 4. The zero-order valence-electron chi connectivity index (χ0n) is 7.75. The molecule has 1 aromatic carbocycles. The van der Waals surface area contributed by atoms with Crippen molar-refractivity contribution in [1.29, 1.82) is 0 Å². The Labute approximate surface area is 94.5 Å². The Morgan fingerprint density at radius 3 is 2.33 bits per heavy atom. The third kappa shape index (κ3) is 5.06. The van der Waals surface area contributed by atoms with Gasteiger partial charge in [0.25, 0.3) is 0 Å². The fourth-order valence-electron chi connectivity index (χ4n) is 0.964. The Bertz CT molecular complexity index is 428. The van der Waals surface area contributed by atoms with E-state index in [4.69, 9.17) is 4.55 Å². The van der Waals surface area contributed by atoms with E-state index < -0.39 is 25.8 Å². The van der Waals surface area contributed by atoms with Crippen LogP contribution in [0.4, 0.5) is 5.69 Å². The Kier molecular flexibility index (Phi) is 4.44. The first-order valence-corrected chi connectivity index (χ1v) is 7.45. The number of hydrogen-bond donors (Lipinski definition) is 2. The minimum absolute atomic E-state index is 0.142. The first kappa shape index (κ1) is 12.4. The molecular formula is C8H10AsNO4S. The molecule has 1 aromatic rings. The summed E-state index contributed by atoms with van der Waals surface area (Å²) < 4.78 is 40.6. The van der Waals surface area contributed by atoms with Crippen molar-refractivity contribution in [3.63, 3.8) is 0 Å². The molecule has 0 amide bonds. The van der Waals surface area contributed by atoms with Gasteiger partial charge in [-0.15, -0.1) is 0 Å². The van der Waals surface area contributed by atoms with Gasteiger partial charge in [0.05, 0.1) is 0 Å². The van der Waals surface area contributed by atoms with Crippen LogP contribution in [-0.2, 0) is 13.9 Å². The van der Waals surface area contributed by atoms with Gasteiger partial charge in [-0.05, 0) is 0 Å². The van der Waals surface area contributed by atoms with Gasteiger partial charge < -0.3 is 0 Å². The molecule has 0 aliphatic heterocycles. The Morgan fingerprint density at radius 1 is 1.27 bits per heavy atom. The van der Waals surface area contributed by atoms with E-state index in [0.717, 1.165) is 10.0 Å². The fraction of sp³-hybridized carbons (Fsp3) is 0.250. The Hall–Kier alpha value is -0.712. The third-order valence-corrected chi connectivity index (χ3v) is 3.45.